The number of aliphatic hydroxyl groups is 1. The van der Waals surface area contributed by atoms with Crippen LogP contribution in [0, 0.1) is 5.92 Å². The minimum atomic E-state index is -1.05. The van der Waals surface area contributed by atoms with Crippen LogP contribution in [0.2, 0.25) is 0 Å². The van der Waals surface area contributed by atoms with Gasteiger partial charge in [0, 0.05) is 6.42 Å². The summed E-state index contributed by atoms with van der Waals surface area (Å²) in [5.41, 5.74) is -0.818. The van der Waals surface area contributed by atoms with Gasteiger partial charge in [-0.1, -0.05) is 26.7 Å². The zero-order chi connectivity index (χ0) is 18.3. The van der Waals surface area contributed by atoms with E-state index in [-0.39, 0.29) is 11.7 Å². The number of ether oxygens (including phenoxy) is 1. The summed E-state index contributed by atoms with van der Waals surface area (Å²) in [6.45, 7) is 7.32. The van der Waals surface area contributed by atoms with Gasteiger partial charge in [-0.05, 0) is 26.2 Å². The highest BCUT2D eigenvalue weighted by Crippen LogP contribution is 2.28. The molecule has 3 N–H and O–H groups in total. The summed E-state index contributed by atoms with van der Waals surface area (Å²) in [5, 5.41) is 14.4. The van der Waals surface area contributed by atoms with Gasteiger partial charge >= 0.3 is 0 Å². The monoisotopic (exact) mass is 342 g/mol. The molecule has 1 rings (SSSR count). The first-order chi connectivity index (χ1) is 11.2. The second-order valence-corrected chi connectivity index (χ2v) is 7.06. The van der Waals surface area contributed by atoms with Crippen molar-refractivity contribution in [2.45, 2.75) is 71.1 Å². The lowest BCUT2D eigenvalue weighted by Gasteiger charge is -2.20. The summed E-state index contributed by atoms with van der Waals surface area (Å²) in [5.74, 6) is -0.463. The molecule has 1 fully saturated rings. The Morgan fingerprint density at radius 1 is 1.17 bits per heavy atom. The zero-order valence-electron chi connectivity index (χ0n) is 15.1. The molecule has 0 saturated carbocycles. The van der Waals surface area contributed by atoms with Crippen molar-refractivity contribution in [1.82, 2.24) is 10.6 Å². The van der Waals surface area contributed by atoms with E-state index in [1.165, 1.54) is 0 Å². The van der Waals surface area contributed by atoms with Crippen LogP contribution in [0.3, 0.4) is 0 Å². The Bertz CT molecular complexity index is 460. The van der Waals surface area contributed by atoms with Crippen molar-refractivity contribution in [3.05, 3.63) is 0 Å². The van der Waals surface area contributed by atoms with Crippen LogP contribution in [0.1, 0.15) is 53.4 Å². The van der Waals surface area contributed by atoms with E-state index in [1.54, 1.807) is 13.8 Å². The number of hydrogen-bond donors (Lipinski definition) is 3. The minimum absolute atomic E-state index is 0.215. The first kappa shape index (κ1) is 20.6. The lowest BCUT2D eigenvalue weighted by molar-refractivity contribution is -0.133. The minimum Gasteiger partial charge on any atom is -0.394 e. The number of nitrogens with one attached hydrogen (secondary N) is 2. The van der Waals surface area contributed by atoms with Crippen molar-refractivity contribution in [2.24, 2.45) is 5.92 Å². The maximum absolute atomic E-state index is 12.1. The summed E-state index contributed by atoms with van der Waals surface area (Å²) < 4.78 is 5.06. The maximum Gasteiger partial charge on any atom is 0.245 e. The van der Waals surface area contributed by atoms with Crippen LogP contribution in [0.25, 0.3) is 0 Å². The van der Waals surface area contributed by atoms with E-state index >= 15 is 0 Å². The molecule has 0 aromatic heterocycles. The highest BCUT2D eigenvalue weighted by molar-refractivity contribution is 5.97. The summed E-state index contributed by atoms with van der Waals surface area (Å²) in [6, 6.07) is -1.78. The van der Waals surface area contributed by atoms with Crippen LogP contribution in [0.5, 0.6) is 0 Å². The molecule has 1 aliphatic heterocycles. The number of ketones is 1. The lowest BCUT2D eigenvalue weighted by atomic mass is 10.0. The number of amides is 2. The number of Topliss-reactive ketones (excluding diaryl/α,β-unsaturated/α-hetero) is 1. The SMILES string of the molecule is CC(C)CCCCC(=O)N[C@@H](CO)C(=O)N[C@@H](C)C(=O)[C@@]1(C)CO1. The largest absolute Gasteiger partial charge is 0.394 e. The fourth-order valence-corrected chi connectivity index (χ4v) is 2.39. The molecule has 0 aromatic carbocycles. The Morgan fingerprint density at radius 2 is 1.79 bits per heavy atom. The van der Waals surface area contributed by atoms with Crippen molar-refractivity contribution >= 4 is 17.6 Å². The standard InChI is InChI=1S/C17H30N2O5/c1-11(2)7-5-6-8-14(21)19-13(9-20)16(23)18-12(3)15(22)17(4)10-24-17/h11-13,20H,5-10H2,1-4H3,(H,18,23)(H,19,21)/t12-,13-,17+/m0/s1. The number of aliphatic hydroxyl groups excluding tert-OH is 1. The zero-order valence-corrected chi connectivity index (χ0v) is 15.1. The second kappa shape index (κ2) is 9.13. The van der Waals surface area contributed by atoms with E-state index in [2.05, 4.69) is 24.5 Å². The van der Waals surface area contributed by atoms with Crippen molar-refractivity contribution in [1.29, 1.82) is 0 Å². The highest BCUT2D eigenvalue weighted by Gasteiger charge is 2.49. The molecule has 138 valence electrons. The molecule has 0 aromatic rings. The van der Waals surface area contributed by atoms with Gasteiger partial charge in [0.1, 0.15) is 11.6 Å². The molecule has 0 aliphatic carbocycles. The fraction of sp³-hybridized carbons (Fsp3) is 0.824. The van der Waals surface area contributed by atoms with Gasteiger partial charge in [0.15, 0.2) is 5.78 Å². The topological polar surface area (TPSA) is 108 Å². The first-order valence-corrected chi connectivity index (χ1v) is 8.58. The molecule has 0 unspecified atom stereocenters. The van der Waals surface area contributed by atoms with E-state index < -0.39 is 30.2 Å². The number of carbonyl (C=O) groups is 3. The Balaban J connectivity index is 2.37. The lowest BCUT2D eigenvalue weighted by Crippen LogP contribution is -2.53. The van der Waals surface area contributed by atoms with Crippen molar-refractivity contribution in [3.63, 3.8) is 0 Å². The first-order valence-electron chi connectivity index (χ1n) is 8.58. The van der Waals surface area contributed by atoms with Crippen LogP contribution in [-0.2, 0) is 19.1 Å². The van der Waals surface area contributed by atoms with Gasteiger partial charge in [0.25, 0.3) is 0 Å². The molecule has 7 nitrogen and oxygen atoms in total. The average molecular weight is 342 g/mol. The molecule has 1 saturated heterocycles. The van der Waals surface area contributed by atoms with Crippen LogP contribution < -0.4 is 10.6 Å². The molecule has 7 heteroatoms. The molecule has 0 radical (unpaired) electrons. The molecule has 3 atom stereocenters. The number of unbranched alkanes of at least 4 members (excludes halogenated alkanes) is 1. The van der Waals surface area contributed by atoms with Gasteiger partial charge in [-0.25, -0.2) is 0 Å². The Hall–Kier alpha value is -1.47. The Morgan fingerprint density at radius 3 is 2.29 bits per heavy atom. The van der Waals surface area contributed by atoms with E-state index in [4.69, 9.17) is 4.74 Å². The summed E-state index contributed by atoms with van der Waals surface area (Å²) in [6.07, 6.45) is 3.06. The second-order valence-electron chi connectivity index (χ2n) is 7.06. The van der Waals surface area contributed by atoms with Gasteiger partial charge in [-0.15, -0.1) is 0 Å². The third-order valence-corrected chi connectivity index (χ3v) is 4.12. The van der Waals surface area contributed by atoms with Gasteiger partial charge in [0.2, 0.25) is 11.8 Å². The number of epoxide rings is 1. The van der Waals surface area contributed by atoms with Crippen LogP contribution in [0.4, 0.5) is 0 Å². The van der Waals surface area contributed by atoms with E-state index in [0.717, 1.165) is 19.3 Å². The number of carbonyl (C=O) groups excluding carboxylic acids is 3. The van der Waals surface area contributed by atoms with Gasteiger partial charge in [-0.2, -0.15) is 0 Å². The van der Waals surface area contributed by atoms with E-state index in [1.807, 2.05) is 0 Å². The average Bonchev–Trinajstić information content (AvgIpc) is 3.26. The quantitative estimate of drug-likeness (QED) is 0.375. The molecular formula is C17H30N2O5. The summed E-state index contributed by atoms with van der Waals surface area (Å²) >= 11 is 0. The normalized spacial score (nSPS) is 21.9. The van der Waals surface area contributed by atoms with Crippen molar-refractivity contribution in [2.75, 3.05) is 13.2 Å². The predicted octanol–water partition coefficient (Wildman–Crippen LogP) is 0.543. The molecule has 2 amide bonds. The number of hydrogen-bond acceptors (Lipinski definition) is 5. The molecule has 0 bridgehead atoms. The van der Waals surface area contributed by atoms with Gasteiger partial charge < -0.3 is 20.5 Å². The molecule has 24 heavy (non-hydrogen) atoms. The molecule has 1 aliphatic rings. The van der Waals surface area contributed by atoms with Crippen LogP contribution in [0.15, 0.2) is 0 Å². The fourth-order valence-electron chi connectivity index (χ4n) is 2.39. The molecule has 1 heterocycles. The van der Waals surface area contributed by atoms with Crippen LogP contribution in [-0.4, -0.2) is 53.6 Å². The van der Waals surface area contributed by atoms with Crippen LogP contribution >= 0.6 is 0 Å². The Labute approximate surface area is 143 Å². The third kappa shape index (κ3) is 6.57. The predicted molar refractivity (Wildman–Crippen MR) is 89.3 cm³/mol. The smallest absolute Gasteiger partial charge is 0.245 e. The van der Waals surface area contributed by atoms with Gasteiger partial charge in [0.05, 0.1) is 19.3 Å². The highest BCUT2D eigenvalue weighted by atomic mass is 16.6. The van der Waals surface area contributed by atoms with Crippen molar-refractivity contribution in [3.8, 4) is 0 Å². The Kier molecular flexibility index (Phi) is 7.83. The maximum atomic E-state index is 12.1. The van der Waals surface area contributed by atoms with Gasteiger partial charge in [-0.3, -0.25) is 14.4 Å². The van der Waals surface area contributed by atoms with E-state index in [0.29, 0.717) is 18.9 Å². The van der Waals surface area contributed by atoms with Crippen molar-refractivity contribution < 1.29 is 24.2 Å². The number of rotatable bonds is 11. The molecular weight excluding hydrogens is 312 g/mol. The van der Waals surface area contributed by atoms with E-state index in [9.17, 15) is 19.5 Å². The summed E-state index contributed by atoms with van der Waals surface area (Å²) in [4.78, 5) is 36.0. The molecule has 0 spiro atoms. The third-order valence-electron chi connectivity index (χ3n) is 4.12. The summed E-state index contributed by atoms with van der Waals surface area (Å²) in [7, 11) is 0.